The highest BCUT2D eigenvalue weighted by Crippen LogP contribution is 2.20. The molecule has 0 spiro atoms. The minimum absolute atomic E-state index is 0.106. The Morgan fingerprint density at radius 3 is 2.61 bits per heavy atom. The highest BCUT2D eigenvalue weighted by molar-refractivity contribution is 6.09. The van der Waals surface area contributed by atoms with Crippen molar-refractivity contribution < 1.29 is 23.2 Å². The number of nitrogens with one attached hydrogen (secondary N) is 1. The van der Waals surface area contributed by atoms with Gasteiger partial charge in [0.15, 0.2) is 5.78 Å². The Morgan fingerprint density at radius 2 is 1.90 bits per heavy atom. The van der Waals surface area contributed by atoms with Crippen LogP contribution in [0.4, 0.5) is 14.5 Å². The summed E-state index contributed by atoms with van der Waals surface area (Å²) >= 11 is 0. The van der Waals surface area contributed by atoms with E-state index in [1.807, 2.05) is 6.07 Å². The van der Waals surface area contributed by atoms with Crippen molar-refractivity contribution in [2.24, 2.45) is 5.16 Å². The first-order chi connectivity index (χ1) is 15.0. The third-order valence-corrected chi connectivity index (χ3v) is 4.75. The average Bonchev–Trinajstić information content (AvgIpc) is 3.23. The lowest BCUT2D eigenvalue weighted by Crippen LogP contribution is -2.20. The molecule has 4 rings (SSSR count). The maximum atomic E-state index is 13.8. The number of hydrogen-bond donors (Lipinski definition) is 1. The second kappa shape index (κ2) is 8.83. The fraction of sp³-hybridized carbons (Fsp3) is 0.130. The van der Waals surface area contributed by atoms with E-state index in [9.17, 15) is 18.4 Å². The van der Waals surface area contributed by atoms with Gasteiger partial charge in [0.25, 0.3) is 0 Å². The molecule has 1 N–H and O–H groups in total. The molecule has 1 aromatic heterocycles. The molecule has 0 aliphatic carbocycles. The molecule has 1 atom stereocenters. The summed E-state index contributed by atoms with van der Waals surface area (Å²) < 4.78 is 26.9. The number of anilines is 1. The van der Waals surface area contributed by atoms with Crippen LogP contribution in [0.3, 0.4) is 0 Å². The van der Waals surface area contributed by atoms with Crippen LogP contribution in [0, 0.1) is 11.6 Å². The fourth-order valence-corrected chi connectivity index (χ4v) is 3.19. The molecule has 1 amide bonds. The number of ketones is 1. The van der Waals surface area contributed by atoms with Crippen molar-refractivity contribution in [3.05, 3.63) is 95.3 Å². The molecule has 0 saturated carbocycles. The summed E-state index contributed by atoms with van der Waals surface area (Å²) in [6, 6.07) is 12.5. The van der Waals surface area contributed by atoms with E-state index in [0.29, 0.717) is 18.2 Å². The van der Waals surface area contributed by atoms with Gasteiger partial charge in [0.2, 0.25) is 5.91 Å². The highest BCUT2D eigenvalue weighted by Gasteiger charge is 2.25. The van der Waals surface area contributed by atoms with Gasteiger partial charge in [0, 0.05) is 41.7 Å². The summed E-state index contributed by atoms with van der Waals surface area (Å²) in [5, 5.41) is 6.76. The summed E-state index contributed by atoms with van der Waals surface area (Å²) in [4.78, 5) is 34.1. The van der Waals surface area contributed by atoms with Crippen molar-refractivity contribution in [1.82, 2.24) is 4.98 Å². The van der Waals surface area contributed by atoms with Gasteiger partial charge in [-0.2, -0.15) is 0 Å². The highest BCUT2D eigenvalue weighted by atomic mass is 19.1. The number of halogens is 2. The first-order valence-electron chi connectivity index (χ1n) is 9.52. The van der Waals surface area contributed by atoms with Crippen LogP contribution in [0.15, 0.2) is 72.1 Å². The number of oxime groups is 1. The summed E-state index contributed by atoms with van der Waals surface area (Å²) in [5.74, 6) is -2.52. The maximum Gasteiger partial charge on any atom is 0.228 e. The number of pyridine rings is 1. The first-order valence-corrected chi connectivity index (χ1v) is 9.52. The van der Waals surface area contributed by atoms with Crippen LogP contribution in [0.2, 0.25) is 0 Å². The summed E-state index contributed by atoms with van der Waals surface area (Å²) in [5.41, 5.74) is 2.07. The summed E-state index contributed by atoms with van der Waals surface area (Å²) in [7, 11) is 0. The number of aromatic nitrogens is 1. The van der Waals surface area contributed by atoms with E-state index in [2.05, 4.69) is 15.5 Å². The van der Waals surface area contributed by atoms with E-state index in [1.54, 1.807) is 30.6 Å². The molecular weight excluding hydrogens is 404 g/mol. The minimum atomic E-state index is -0.924. The van der Waals surface area contributed by atoms with E-state index in [0.717, 1.165) is 23.4 Å². The quantitative estimate of drug-likeness (QED) is 0.608. The Bertz CT molecular complexity index is 1150. The van der Waals surface area contributed by atoms with Crippen LogP contribution in [-0.2, 0) is 9.63 Å². The zero-order valence-electron chi connectivity index (χ0n) is 16.2. The van der Waals surface area contributed by atoms with Crippen molar-refractivity contribution in [3.8, 4) is 0 Å². The molecule has 2 heterocycles. The average molecular weight is 421 g/mol. The SMILES string of the molecule is O=C(CC1CC(c2cccnc2)=NO1)Nc1ccc(C(=O)c2ccc(F)cc2F)cc1. The van der Waals surface area contributed by atoms with E-state index in [-0.39, 0.29) is 29.6 Å². The summed E-state index contributed by atoms with van der Waals surface area (Å²) in [6.07, 6.45) is 3.58. The molecule has 0 bridgehead atoms. The second-order valence-electron chi connectivity index (χ2n) is 6.99. The molecule has 6 nitrogen and oxygen atoms in total. The predicted molar refractivity (Wildman–Crippen MR) is 110 cm³/mol. The van der Waals surface area contributed by atoms with Crippen LogP contribution in [0.25, 0.3) is 0 Å². The zero-order valence-corrected chi connectivity index (χ0v) is 16.2. The molecule has 2 aromatic carbocycles. The van der Waals surface area contributed by atoms with Gasteiger partial charge in [-0.25, -0.2) is 8.78 Å². The van der Waals surface area contributed by atoms with Crippen LogP contribution < -0.4 is 5.32 Å². The number of carbonyl (C=O) groups is 2. The molecule has 3 aromatic rings. The maximum absolute atomic E-state index is 13.8. The molecular formula is C23H17F2N3O3. The predicted octanol–water partition coefficient (Wildman–Crippen LogP) is 4.11. The molecule has 156 valence electrons. The molecule has 0 fully saturated rings. The summed E-state index contributed by atoms with van der Waals surface area (Å²) in [6.45, 7) is 0. The molecule has 1 aliphatic rings. The fourth-order valence-electron chi connectivity index (χ4n) is 3.19. The van der Waals surface area contributed by atoms with Crippen molar-refractivity contribution in [2.45, 2.75) is 18.9 Å². The van der Waals surface area contributed by atoms with Crippen molar-refractivity contribution in [2.75, 3.05) is 5.32 Å². The second-order valence-corrected chi connectivity index (χ2v) is 6.99. The van der Waals surface area contributed by atoms with E-state index in [1.165, 1.54) is 12.1 Å². The first kappa shape index (κ1) is 20.3. The largest absolute Gasteiger partial charge is 0.391 e. The molecule has 31 heavy (non-hydrogen) atoms. The van der Waals surface area contributed by atoms with Crippen LogP contribution in [-0.4, -0.2) is 28.5 Å². The zero-order chi connectivity index (χ0) is 21.8. The molecule has 0 radical (unpaired) electrons. The molecule has 1 aliphatic heterocycles. The number of rotatable bonds is 6. The van der Waals surface area contributed by atoms with Crippen LogP contribution >= 0.6 is 0 Å². The van der Waals surface area contributed by atoms with Crippen molar-refractivity contribution in [1.29, 1.82) is 0 Å². The number of hydrogen-bond acceptors (Lipinski definition) is 5. The van der Waals surface area contributed by atoms with Crippen LogP contribution in [0.5, 0.6) is 0 Å². The molecule has 0 saturated heterocycles. The Hall–Kier alpha value is -3.94. The lowest BCUT2D eigenvalue weighted by Gasteiger charge is -2.10. The Morgan fingerprint density at radius 1 is 1.10 bits per heavy atom. The number of carbonyl (C=O) groups excluding carboxylic acids is 2. The van der Waals surface area contributed by atoms with E-state index < -0.39 is 17.4 Å². The van der Waals surface area contributed by atoms with Gasteiger partial charge in [-0.3, -0.25) is 14.6 Å². The Balaban J connectivity index is 1.33. The van der Waals surface area contributed by atoms with E-state index in [4.69, 9.17) is 4.84 Å². The van der Waals surface area contributed by atoms with E-state index >= 15 is 0 Å². The number of benzene rings is 2. The standard InChI is InChI=1S/C23H17F2N3O3/c24-16-5-8-19(20(25)10-16)23(30)14-3-6-17(7-4-14)27-22(29)12-18-11-21(28-31-18)15-2-1-9-26-13-15/h1-10,13,18H,11-12H2,(H,27,29). The normalized spacial score (nSPS) is 15.2. The third kappa shape index (κ3) is 4.80. The lowest BCUT2D eigenvalue weighted by molar-refractivity contribution is -0.118. The smallest absolute Gasteiger partial charge is 0.228 e. The van der Waals surface area contributed by atoms with Gasteiger partial charge in [0.05, 0.1) is 17.7 Å². The van der Waals surface area contributed by atoms with Gasteiger partial charge >= 0.3 is 0 Å². The molecule has 8 heteroatoms. The number of nitrogens with zero attached hydrogens (tertiary/aromatic N) is 2. The topological polar surface area (TPSA) is 80.7 Å². The van der Waals surface area contributed by atoms with Crippen molar-refractivity contribution in [3.63, 3.8) is 0 Å². The monoisotopic (exact) mass is 421 g/mol. The van der Waals surface area contributed by atoms with Gasteiger partial charge in [-0.1, -0.05) is 5.16 Å². The lowest BCUT2D eigenvalue weighted by atomic mass is 10.0. The third-order valence-electron chi connectivity index (χ3n) is 4.75. The Kier molecular flexibility index (Phi) is 5.79. The Labute approximate surface area is 176 Å². The van der Waals surface area contributed by atoms with Crippen LogP contribution in [0.1, 0.15) is 34.3 Å². The van der Waals surface area contributed by atoms with Crippen molar-refractivity contribution >= 4 is 23.1 Å². The van der Waals surface area contributed by atoms with Gasteiger partial charge in [-0.05, 0) is 48.5 Å². The molecule has 1 unspecified atom stereocenters. The van der Waals surface area contributed by atoms with Gasteiger partial charge in [-0.15, -0.1) is 0 Å². The number of amides is 1. The minimum Gasteiger partial charge on any atom is -0.391 e. The van der Waals surface area contributed by atoms with Gasteiger partial charge < -0.3 is 10.2 Å². The van der Waals surface area contributed by atoms with Gasteiger partial charge in [0.1, 0.15) is 17.7 Å².